The highest BCUT2D eigenvalue weighted by Crippen LogP contribution is 2.23. The molecule has 3 nitrogen and oxygen atoms in total. The fourth-order valence-electron chi connectivity index (χ4n) is 1.59. The topological polar surface area (TPSA) is 45.0 Å². The molecule has 0 aliphatic heterocycles. The van der Waals surface area contributed by atoms with Gasteiger partial charge in [-0.05, 0) is 24.1 Å². The quantitative estimate of drug-likeness (QED) is 0.863. The van der Waals surface area contributed by atoms with Gasteiger partial charge in [0.05, 0.1) is 12.5 Å². The van der Waals surface area contributed by atoms with Crippen LogP contribution in [0.4, 0.5) is 13.2 Å². The van der Waals surface area contributed by atoms with Crippen LogP contribution in [0.3, 0.4) is 0 Å². The monoisotopic (exact) mass is 272 g/mol. The summed E-state index contributed by atoms with van der Waals surface area (Å²) in [4.78, 5) is 0. The summed E-state index contributed by atoms with van der Waals surface area (Å²) in [5, 5.41) is 11.7. The maximum absolute atomic E-state index is 12.1. The lowest BCUT2D eigenvalue weighted by Gasteiger charge is -2.14. The van der Waals surface area contributed by atoms with Crippen LogP contribution in [0.2, 0.25) is 0 Å². The van der Waals surface area contributed by atoms with Crippen molar-refractivity contribution in [1.29, 1.82) is 5.26 Å². The van der Waals surface area contributed by atoms with Crippen LogP contribution >= 0.6 is 0 Å². The number of nitrogens with one attached hydrogen (secondary N) is 1. The summed E-state index contributed by atoms with van der Waals surface area (Å²) in [6, 6.07) is 7.89. The van der Waals surface area contributed by atoms with E-state index in [-0.39, 0.29) is 11.8 Å². The van der Waals surface area contributed by atoms with E-state index in [0.29, 0.717) is 18.5 Å². The first-order valence-corrected chi connectivity index (χ1v) is 5.89. The molecular formula is C13H15F3N2O. The minimum absolute atomic E-state index is 0.0391. The molecule has 1 aromatic rings. The fraction of sp³-hybridized carbons (Fsp3) is 0.462. The van der Waals surface area contributed by atoms with Crippen LogP contribution in [0.25, 0.3) is 0 Å². The minimum atomic E-state index is -4.68. The standard InChI is InChI=1S/C13H15F3N2O/c1-2-11(6-7-17)18-9-10-4-3-5-12(8-10)19-13(14,15)16/h3-5,8,11,18H,2,6,9H2,1H3. The third kappa shape index (κ3) is 6.11. The number of nitriles is 1. The second-order valence-electron chi connectivity index (χ2n) is 4.04. The SMILES string of the molecule is CCC(CC#N)NCc1cccc(OC(F)(F)F)c1. The Balaban J connectivity index is 2.60. The van der Waals surface area contributed by atoms with E-state index in [2.05, 4.69) is 16.1 Å². The lowest BCUT2D eigenvalue weighted by Crippen LogP contribution is -2.27. The highest BCUT2D eigenvalue weighted by molar-refractivity contribution is 5.28. The number of benzene rings is 1. The molecule has 0 saturated heterocycles. The summed E-state index contributed by atoms with van der Waals surface area (Å²) in [7, 11) is 0. The van der Waals surface area contributed by atoms with Crippen molar-refractivity contribution < 1.29 is 17.9 Å². The maximum Gasteiger partial charge on any atom is 0.573 e. The molecule has 1 unspecified atom stereocenters. The Hall–Kier alpha value is -1.74. The van der Waals surface area contributed by atoms with Crippen LogP contribution < -0.4 is 10.1 Å². The number of rotatable bonds is 6. The molecule has 0 spiro atoms. The summed E-state index contributed by atoms with van der Waals surface area (Å²) in [5.74, 6) is -0.236. The van der Waals surface area contributed by atoms with Crippen molar-refractivity contribution in [2.45, 2.75) is 38.7 Å². The summed E-state index contributed by atoms with van der Waals surface area (Å²) < 4.78 is 40.0. The number of nitrogens with zero attached hydrogens (tertiary/aromatic N) is 1. The van der Waals surface area contributed by atoms with Gasteiger partial charge in [-0.3, -0.25) is 0 Å². The van der Waals surface area contributed by atoms with Crippen molar-refractivity contribution in [3.05, 3.63) is 29.8 Å². The second kappa shape index (κ2) is 7.00. The van der Waals surface area contributed by atoms with Crippen molar-refractivity contribution >= 4 is 0 Å². The molecular weight excluding hydrogens is 257 g/mol. The van der Waals surface area contributed by atoms with Crippen LogP contribution in [-0.4, -0.2) is 12.4 Å². The maximum atomic E-state index is 12.1. The Bertz CT molecular complexity index is 440. The van der Waals surface area contributed by atoms with Gasteiger partial charge in [0.25, 0.3) is 0 Å². The van der Waals surface area contributed by atoms with Gasteiger partial charge in [-0.25, -0.2) is 0 Å². The van der Waals surface area contributed by atoms with E-state index in [1.807, 2.05) is 6.92 Å². The van der Waals surface area contributed by atoms with Gasteiger partial charge in [0.15, 0.2) is 0 Å². The first-order chi connectivity index (χ1) is 8.94. The largest absolute Gasteiger partial charge is 0.573 e. The van der Waals surface area contributed by atoms with Crippen molar-refractivity contribution in [2.75, 3.05) is 0 Å². The van der Waals surface area contributed by atoms with Gasteiger partial charge in [0.2, 0.25) is 0 Å². The third-order valence-electron chi connectivity index (χ3n) is 2.56. The molecule has 0 fully saturated rings. The molecule has 0 aliphatic carbocycles. The van der Waals surface area contributed by atoms with E-state index in [1.165, 1.54) is 18.2 Å². The molecule has 1 aromatic carbocycles. The van der Waals surface area contributed by atoms with Crippen LogP contribution in [0.1, 0.15) is 25.3 Å². The van der Waals surface area contributed by atoms with Gasteiger partial charge in [0.1, 0.15) is 5.75 Å². The molecule has 0 bridgehead atoms. The van der Waals surface area contributed by atoms with Crippen molar-refractivity contribution in [3.8, 4) is 11.8 Å². The van der Waals surface area contributed by atoms with E-state index < -0.39 is 6.36 Å². The summed E-state index contributed by atoms with van der Waals surface area (Å²) in [6.45, 7) is 2.34. The molecule has 104 valence electrons. The predicted octanol–water partition coefficient (Wildman–Crippen LogP) is 3.37. The average Bonchev–Trinajstić information content (AvgIpc) is 2.33. The highest BCUT2D eigenvalue weighted by atomic mass is 19.4. The summed E-state index contributed by atoms with van der Waals surface area (Å²) in [6.07, 6.45) is -3.53. The van der Waals surface area contributed by atoms with Gasteiger partial charge in [0, 0.05) is 12.6 Å². The van der Waals surface area contributed by atoms with Crippen molar-refractivity contribution in [2.24, 2.45) is 0 Å². The molecule has 19 heavy (non-hydrogen) atoms. The zero-order valence-electron chi connectivity index (χ0n) is 10.5. The molecule has 0 saturated carbocycles. The molecule has 0 aromatic heterocycles. The highest BCUT2D eigenvalue weighted by Gasteiger charge is 2.31. The van der Waals surface area contributed by atoms with E-state index in [1.54, 1.807) is 6.07 Å². The normalized spacial score (nSPS) is 12.8. The van der Waals surface area contributed by atoms with E-state index in [0.717, 1.165) is 6.42 Å². The van der Waals surface area contributed by atoms with Gasteiger partial charge in [-0.15, -0.1) is 13.2 Å². The minimum Gasteiger partial charge on any atom is -0.406 e. The molecule has 0 amide bonds. The molecule has 0 heterocycles. The Morgan fingerprint density at radius 3 is 2.74 bits per heavy atom. The van der Waals surface area contributed by atoms with Crippen molar-refractivity contribution in [3.63, 3.8) is 0 Å². The smallest absolute Gasteiger partial charge is 0.406 e. The zero-order valence-corrected chi connectivity index (χ0v) is 10.5. The van der Waals surface area contributed by atoms with Gasteiger partial charge >= 0.3 is 6.36 Å². The Morgan fingerprint density at radius 1 is 1.42 bits per heavy atom. The molecule has 1 atom stereocenters. The first-order valence-electron chi connectivity index (χ1n) is 5.89. The van der Waals surface area contributed by atoms with Crippen molar-refractivity contribution in [1.82, 2.24) is 5.32 Å². The van der Waals surface area contributed by atoms with Gasteiger partial charge in [-0.2, -0.15) is 5.26 Å². The van der Waals surface area contributed by atoms with E-state index in [4.69, 9.17) is 5.26 Å². The van der Waals surface area contributed by atoms with Gasteiger partial charge < -0.3 is 10.1 Å². The van der Waals surface area contributed by atoms with Crippen LogP contribution in [0.15, 0.2) is 24.3 Å². The molecule has 0 radical (unpaired) electrons. The number of hydrogen-bond acceptors (Lipinski definition) is 3. The Morgan fingerprint density at radius 2 is 2.16 bits per heavy atom. The molecule has 0 aliphatic rings. The zero-order chi connectivity index (χ0) is 14.3. The molecule has 1 rings (SSSR count). The van der Waals surface area contributed by atoms with Crippen LogP contribution in [0.5, 0.6) is 5.75 Å². The predicted molar refractivity (Wildman–Crippen MR) is 64.3 cm³/mol. The third-order valence-corrected chi connectivity index (χ3v) is 2.56. The number of alkyl halides is 3. The number of hydrogen-bond donors (Lipinski definition) is 1. The molecule has 1 N–H and O–H groups in total. The van der Waals surface area contributed by atoms with Crippen LogP contribution in [0, 0.1) is 11.3 Å². The summed E-state index contributed by atoms with van der Waals surface area (Å²) >= 11 is 0. The Kier molecular flexibility index (Phi) is 5.64. The average molecular weight is 272 g/mol. The van der Waals surface area contributed by atoms with E-state index >= 15 is 0 Å². The first kappa shape index (κ1) is 15.3. The second-order valence-corrected chi connectivity index (χ2v) is 4.04. The fourth-order valence-corrected chi connectivity index (χ4v) is 1.59. The van der Waals surface area contributed by atoms with Gasteiger partial charge in [-0.1, -0.05) is 19.1 Å². The molecule has 6 heteroatoms. The number of ether oxygens (including phenoxy) is 1. The van der Waals surface area contributed by atoms with Crippen LogP contribution in [-0.2, 0) is 6.54 Å². The lowest BCUT2D eigenvalue weighted by atomic mass is 10.1. The Labute approximate surface area is 110 Å². The lowest BCUT2D eigenvalue weighted by molar-refractivity contribution is -0.274. The summed E-state index contributed by atoms with van der Waals surface area (Å²) in [5.41, 5.74) is 0.679. The number of halogens is 3. The van der Waals surface area contributed by atoms with E-state index in [9.17, 15) is 13.2 Å².